The van der Waals surface area contributed by atoms with Gasteiger partial charge in [0.05, 0.1) is 25.0 Å². The number of likely N-dealkylation sites (tertiary alicyclic amines) is 1. The van der Waals surface area contributed by atoms with Crippen molar-refractivity contribution in [2.24, 2.45) is 28.7 Å². The predicted molar refractivity (Wildman–Crippen MR) is 119 cm³/mol. The number of carbonyl (C=O) groups excluding carboxylic acids is 2. The van der Waals surface area contributed by atoms with Gasteiger partial charge < -0.3 is 20.1 Å². The first-order valence-corrected chi connectivity index (χ1v) is 11.3. The van der Waals surface area contributed by atoms with Crippen LogP contribution in [0.25, 0.3) is 0 Å². The number of pyridine rings is 1. The van der Waals surface area contributed by atoms with Gasteiger partial charge in [-0.2, -0.15) is 0 Å². The summed E-state index contributed by atoms with van der Waals surface area (Å²) in [5.74, 6) is 1.27. The lowest BCUT2D eigenvalue weighted by Crippen LogP contribution is -2.43. The van der Waals surface area contributed by atoms with Gasteiger partial charge in [-0.05, 0) is 31.2 Å². The summed E-state index contributed by atoms with van der Waals surface area (Å²) in [6, 6.07) is 3.77. The Morgan fingerprint density at radius 2 is 1.94 bits per heavy atom. The summed E-state index contributed by atoms with van der Waals surface area (Å²) >= 11 is 0. The number of methoxy groups -OCH3 is 1. The van der Waals surface area contributed by atoms with E-state index in [9.17, 15) is 9.59 Å². The summed E-state index contributed by atoms with van der Waals surface area (Å²) in [4.78, 5) is 35.9. The average Bonchev–Trinajstić information content (AvgIpc) is 3.48. The van der Waals surface area contributed by atoms with Crippen molar-refractivity contribution in [3.05, 3.63) is 36.0 Å². The lowest BCUT2D eigenvalue weighted by atomic mass is 9.85. The van der Waals surface area contributed by atoms with Crippen molar-refractivity contribution in [3.8, 4) is 5.88 Å². The second-order valence-electron chi connectivity index (χ2n) is 8.26. The van der Waals surface area contributed by atoms with Crippen LogP contribution in [0.3, 0.4) is 0 Å². The Morgan fingerprint density at radius 3 is 2.62 bits per heavy atom. The SMILES string of the molecule is CCNC(=NCc1cccnc1OCCOC)NCCN1C(=O)C2C3C=CC(C3)C2C1=O. The maximum atomic E-state index is 12.8. The minimum absolute atomic E-state index is 0.0196. The molecule has 32 heavy (non-hydrogen) atoms. The van der Waals surface area contributed by atoms with Crippen LogP contribution in [-0.4, -0.2) is 67.6 Å². The van der Waals surface area contributed by atoms with Crippen LogP contribution in [0.2, 0.25) is 0 Å². The molecule has 2 aliphatic carbocycles. The molecule has 2 fully saturated rings. The van der Waals surface area contributed by atoms with Gasteiger partial charge in [0.2, 0.25) is 17.7 Å². The second-order valence-corrected chi connectivity index (χ2v) is 8.26. The number of hydrogen-bond acceptors (Lipinski definition) is 6. The zero-order valence-electron chi connectivity index (χ0n) is 18.6. The summed E-state index contributed by atoms with van der Waals surface area (Å²) in [5.41, 5.74) is 0.863. The van der Waals surface area contributed by atoms with Gasteiger partial charge >= 0.3 is 0 Å². The fourth-order valence-corrected chi connectivity index (χ4v) is 4.87. The summed E-state index contributed by atoms with van der Waals surface area (Å²) in [7, 11) is 1.62. The molecule has 4 unspecified atom stereocenters. The Bertz CT molecular complexity index is 872. The van der Waals surface area contributed by atoms with Crippen molar-refractivity contribution >= 4 is 17.8 Å². The molecule has 9 heteroatoms. The first-order chi connectivity index (χ1) is 15.6. The number of rotatable bonds is 10. The third kappa shape index (κ3) is 4.48. The number of guanidine groups is 1. The smallest absolute Gasteiger partial charge is 0.233 e. The number of imide groups is 1. The third-order valence-corrected chi connectivity index (χ3v) is 6.32. The summed E-state index contributed by atoms with van der Waals surface area (Å²) < 4.78 is 10.7. The van der Waals surface area contributed by atoms with E-state index >= 15 is 0 Å². The maximum Gasteiger partial charge on any atom is 0.233 e. The van der Waals surface area contributed by atoms with Crippen LogP contribution in [0.15, 0.2) is 35.5 Å². The number of carbonyl (C=O) groups is 2. The van der Waals surface area contributed by atoms with Gasteiger partial charge in [-0.25, -0.2) is 9.98 Å². The average molecular weight is 442 g/mol. The summed E-state index contributed by atoms with van der Waals surface area (Å²) in [6.45, 7) is 4.74. The molecule has 0 radical (unpaired) electrons. The molecule has 2 bridgehead atoms. The number of hydrogen-bond donors (Lipinski definition) is 2. The summed E-state index contributed by atoms with van der Waals surface area (Å²) in [6.07, 6.45) is 6.85. The van der Waals surface area contributed by atoms with Gasteiger partial charge in [-0.1, -0.05) is 18.2 Å². The highest BCUT2D eigenvalue weighted by molar-refractivity contribution is 6.06. The van der Waals surface area contributed by atoms with Crippen molar-refractivity contribution in [2.75, 3.05) is 40.0 Å². The van der Waals surface area contributed by atoms with Crippen LogP contribution in [0.4, 0.5) is 0 Å². The molecule has 0 spiro atoms. The second kappa shape index (κ2) is 10.1. The molecule has 1 aromatic rings. The molecule has 4 rings (SSSR count). The molecule has 2 N–H and O–H groups in total. The topological polar surface area (TPSA) is 105 Å². The van der Waals surface area contributed by atoms with Crippen molar-refractivity contribution < 1.29 is 19.1 Å². The quantitative estimate of drug-likeness (QED) is 0.183. The minimum Gasteiger partial charge on any atom is -0.475 e. The molecule has 3 aliphatic rings. The number of aromatic nitrogens is 1. The van der Waals surface area contributed by atoms with Crippen molar-refractivity contribution in [1.29, 1.82) is 0 Å². The standard InChI is InChI=1S/C23H31N5O4/c1-3-24-23(27-14-17-5-4-8-25-20(17)32-12-11-31-2)26-9-10-28-21(29)18-15-6-7-16(13-15)19(18)22(28)30/h4-8,15-16,18-19H,3,9-14H2,1-2H3,(H2,24,26,27). The molecular weight excluding hydrogens is 410 g/mol. The van der Waals surface area contributed by atoms with Gasteiger partial charge in [0, 0.05) is 38.5 Å². The van der Waals surface area contributed by atoms with Crippen molar-refractivity contribution in [3.63, 3.8) is 0 Å². The molecule has 172 valence electrons. The van der Waals surface area contributed by atoms with E-state index in [0.717, 1.165) is 12.0 Å². The number of aliphatic imine (C=N–C) groups is 1. The lowest BCUT2D eigenvalue weighted by molar-refractivity contribution is -0.140. The van der Waals surface area contributed by atoms with Crippen LogP contribution >= 0.6 is 0 Å². The van der Waals surface area contributed by atoms with Crippen molar-refractivity contribution in [1.82, 2.24) is 20.5 Å². The van der Waals surface area contributed by atoms with Crippen LogP contribution in [0.1, 0.15) is 18.9 Å². The number of fused-ring (bicyclic) bond motifs is 5. The zero-order chi connectivity index (χ0) is 22.5. The first-order valence-electron chi connectivity index (χ1n) is 11.3. The Morgan fingerprint density at radius 1 is 1.19 bits per heavy atom. The van der Waals surface area contributed by atoms with Crippen molar-refractivity contribution in [2.45, 2.75) is 19.9 Å². The maximum absolute atomic E-state index is 12.8. The van der Waals surface area contributed by atoms with Crippen LogP contribution in [0.5, 0.6) is 5.88 Å². The van der Waals surface area contributed by atoms with E-state index in [4.69, 9.17) is 9.47 Å². The molecule has 2 heterocycles. The lowest BCUT2D eigenvalue weighted by Gasteiger charge is -2.18. The Labute approximate surface area is 188 Å². The third-order valence-electron chi connectivity index (χ3n) is 6.32. The largest absolute Gasteiger partial charge is 0.475 e. The van der Waals surface area contributed by atoms with E-state index < -0.39 is 0 Å². The van der Waals surface area contributed by atoms with E-state index in [2.05, 4.69) is 32.8 Å². The van der Waals surface area contributed by atoms with E-state index in [1.807, 2.05) is 19.1 Å². The monoisotopic (exact) mass is 441 g/mol. The van der Waals surface area contributed by atoms with Gasteiger partial charge in [0.15, 0.2) is 5.96 Å². The number of nitrogens with one attached hydrogen (secondary N) is 2. The van der Waals surface area contributed by atoms with E-state index in [-0.39, 0.29) is 35.5 Å². The minimum atomic E-state index is -0.151. The van der Waals surface area contributed by atoms with Crippen LogP contribution in [0, 0.1) is 23.7 Å². The molecule has 1 saturated heterocycles. The Kier molecular flexibility index (Phi) is 7.04. The molecule has 9 nitrogen and oxygen atoms in total. The number of amides is 2. The molecule has 1 aromatic heterocycles. The normalized spacial score (nSPS) is 26.1. The van der Waals surface area contributed by atoms with Gasteiger partial charge in [-0.15, -0.1) is 0 Å². The highest BCUT2D eigenvalue weighted by Crippen LogP contribution is 2.52. The molecular formula is C23H31N5O4. The number of allylic oxidation sites excluding steroid dienone is 2. The number of nitrogens with zero attached hydrogens (tertiary/aromatic N) is 3. The Hall–Kier alpha value is -2.94. The Balaban J connectivity index is 1.32. The highest BCUT2D eigenvalue weighted by atomic mass is 16.5. The number of ether oxygens (including phenoxy) is 2. The van der Waals surface area contributed by atoms with E-state index in [0.29, 0.717) is 51.2 Å². The zero-order valence-corrected chi connectivity index (χ0v) is 18.6. The molecule has 0 aromatic carbocycles. The fourth-order valence-electron chi connectivity index (χ4n) is 4.87. The summed E-state index contributed by atoms with van der Waals surface area (Å²) in [5, 5.41) is 6.43. The fraction of sp³-hybridized carbons (Fsp3) is 0.565. The van der Waals surface area contributed by atoms with Gasteiger partial charge in [-0.3, -0.25) is 14.5 Å². The first kappa shape index (κ1) is 22.3. The van der Waals surface area contributed by atoms with Gasteiger partial charge in [0.1, 0.15) is 6.61 Å². The molecule has 2 amide bonds. The van der Waals surface area contributed by atoms with Gasteiger partial charge in [0.25, 0.3) is 0 Å². The van der Waals surface area contributed by atoms with Crippen LogP contribution < -0.4 is 15.4 Å². The van der Waals surface area contributed by atoms with E-state index in [1.54, 1.807) is 13.3 Å². The highest BCUT2D eigenvalue weighted by Gasteiger charge is 2.58. The molecule has 1 aliphatic heterocycles. The van der Waals surface area contributed by atoms with Crippen LogP contribution in [-0.2, 0) is 20.9 Å². The van der Waals surface area contributed by atoms with E-state index in [1.165, 1.54) is 4.90 Å². The molecule has 4 atom stereocenters. The molecule has 1 saturated carbocycles. The predicted octanol–water partition coefficient (Wildman–Crippen LogP) is 0.969.